The number of amides is 15. The molecule has 11 fully saturated rings. The summed E-state index contributed by atoms with van der Waals surface area (Å²) >= 11 is 0. The van der Waals surface area contributed by atoms with E-state index in [0.717, 1.165) is 89.9 Å². The number of rotatable bonds is 34. The predicted octanol–water partition coefficient (Wildman–Crippen LogP) is 7.27. The van der Waals surface area contributed by atoms with Crippen molar-refractivity contribution < 1.29 is 101 Å². The lowest BCUT2D eigenvalue weighted by molar-refractivity contribution is -0.164. The second kappa shape index (κ2) is 41.4. The fourth-order valence-corrected chi connectivity index (χ4v) is 21.0. The fourth-order valence-electron chi connectivity index (χ4n) is 21.0. The van der Waals surface area contributed by atoms with Gasteiger partial charge in [-0.05, 0) is 205 Å². The van der Waals surface area contributed by atoms with E-state index in [4.69, 9.17) is 31.4 Å². The Morgan fingerprint density at radius 2 is 0.716 bits per heavy atom. The first-order valence-corrected chi connectivity index (χ1v) is 48.9. The molecule has 0 aromatic heterocycles. The topological polar surface area (TPSA) is 531 Å². The molecule has 3 aliphatic heterocycles. The number of primary amides is 3. The number of nitrogens with one attached hydrogen (secondary N) is 9. The van der Waals surface area contributed by atoms with Gasteiger partial charge in [-0.2, -0.15) is 0 Å². The summed E-state index contributed by atoms with van der Waals surface area (Å²) in [4.78, 5) is 242. The van der Waals surface area contributed by atoms with Gasteiger partial charge in [0.15, 0.2) is 0 Å². The molecule has 11 rings (SSSR count). The lowest BCUT2D eigenvalue weighted by Gasteiger charge is -2.40. The summed E-state index contributed by atoms with van der Waals surface area (Å²) in [6.45, 7) is 47.3. The third-order valence-corrected chi connectivity index (χ3v) is 29.8. The molecule has 8 saturated carbocycles. The molecular formula is C98H159N15O21. The van der Waals surface area contributed by atoms with E-state index in [2.05, 4.69) is 61.7 Å². The minimum Gasteiger partial charge on any atom is -0.458 e. The normalized spacial score (nSPS) is 25.9. The molecule has 0 bridgehead atoms. The van der Waals surface area contributed by atoms with Crippen molar-refractivity contribution in [1.29, 1.82) is 0 Å². The molecule has 3 saturated heterocycles. The number of likely N-dealkylation sites (tertiary alicyclic amines) is 3. The van der Waals surface area contributed by atoms with Crippen LogP contribution >= 0.6 is 0 Å². The monoisotopic (exact) mass is 1880 g/mol. The number of Topliss-reactive ketones (excluding diaryl/α,β-unsaturated/α-hetero) is 3. The van der Waals surface area contributed by atoms with Crippen molar-refractivity contribution in [2.75, 3.05) is 19.6 Å². The van der Waals surface area contributed by atoms with Gasteiger partial charge in [-0.1, -0.05) is 194 Å². The molecule has 752 valence electrons. The van der Waals surface area contributed by atoms with Gasteiger partial charge in [0.1, 0.15) is 70.7 Å². The zero-order chi connectivity index (χ0) is 101. The van der Waals surface area contributed by atoms with Gasteiger partial charge < -0.3 is 94.0 Å². The number of nitrogens with two attached hydrogens (primary N) is 3. The largest absolute Gasteiger partial charge is 0.458 e. The molecule has 36 heteroatoms. The summed E-state index contributed by atoms with van der Waals surface area (Å²) < 4.78 is 16.8. The van der Waals surface area contributed by atoms with E-state index in [1.54, 1.807) is 102 Å². The van der Waals surface area contributed by atoms with Crippen LogP contribution in [-0.2, 0) is 86.1 Å². The molecule has 18 atom stereocenters. The number of urea groups is 3. The molecule has 36 nitrogen and oxygen atoms in total. The molecule has 3 unspecified atom stereocenters. The summed E-state index contributed by atoms with van der Waals surface area (Å²) in [5.74, 6) is -10.3. The van der Waals surface area contributed by atoms with Gasteiger partial charge >= 0.3 is 36.0 Å². The van der Waals surface area contributed by atoms with Gasteiger partial charge in [-0.25, -0.2) is 28.8 Å². The molecule has 0 aromatic rings. The van der Waals surface area contributed by atoms with E-state index < -0.39 is 200 Å². The molecule has 134 heavy (non-hydrogen) atoms. The van der Waals surface area contributed by atoms with Crippen molar-refractivity contribution in [1.82, 2.24) is 62.6 Å². The Labute approximate surface area is 791 Å². The molecular weight excluding hydrogens is 1720 g/mol. The molecule has 11 aliphatic rings. The van der Waals surface area contributed by atoms with Gasteiger partial charge in [0.2, 0.25) is 52.8 Å². The number of hydrogen-bond acceptors (Lipinski definition) is 21. The Kier molecular flexibility index (Phi) is 33.4. The number of ketones is 3. The number of hydrogen-bond donors (Lipinski definition) is 12. The van der Waals surface area contributed by atoms with Crippen molar-refractivity contribution in [3.05, 3.63) is 0 Å². The quantitative estimate of drug-likeness (QED) is 0.0171. The molecule has 0 aromatic carbocycles. The Bertz CT molecular complexity index is 4450. The van der Waals surface area contributed by atoms with Gasteiger partial charge in [0, 0.05) is 19.6 Å². The summed E-state index contributed by atoms with van der Waals surface area (Å²) in [5.41, 5.74) is 10.5. The molecule has 8 aliphatic carbocycles. The maximum Gasteiger partial charge on any atom is 0.332 e. The third kappa shape index (κ3) is 26.8. The van der Waals surface area contributed by atoms with Gasteiger partial charge in [-0.3, -0.25) is 57.5 Å². The summed E-state index contributed by atoms with van der Waals surface area (Å²) in [5, 5.41) is 25.2. The number of carbonyl (C=O) groups is 18. The van der Waals surface area contributed by atoms with Crippen molar-refractivity contribution in [3.8, 4) is 0 Å². The minimum atomic E-state index is -1.18. The van der Waals surface area contributed by atoms with E-state index in [1.807, 2.05) is 62.3 Å². The van der Waals surface area contributed by atoms with Gasteiger partial charge in [-0.15, -0.1) is 0 Å². The smallest absolute Gasteiger partial charge is 0.332 e. The van der Waals surface area contributed by atoms with Crippen LogP contribution in [0.2, 0.25) is 0 Å². The Morgan fingerprint density at radius 3 is 1.05 bits per heavy atom. The standard InChI is InChI=1S/C35H55N5O7.C32H53N5O7.C31H51N5O7/c1-33(2,3)47-31(45)35(16-10-7-11-17-35)39-32(46)38-25(21-12-8-6-9-13-21)30(44)40-19-22-24(34(22,4)5)26(40)29(43)37-23(18-20-14-15-20)27(41)28(36)42;1-11-16(2)21(28(42)44-31(6,7)8)35-29(43)36-24(30(3,4)5)27(41)37-15-18-20(32(18,9)10)22(37)26(40)34-19(14-17-12-13-17)23(38)25(33)39;1-15(2)20(34-28(42)35-23(29(3,4)5)27(41)43-30(6,7)8)26(40)36-14-17-19(31(17,9)10)21(36)25(39)33-18(13-16-11-12-16)22(37)24(32)38/h20-26H,6-19H2,1-5H3,(H2,36,42)(H,37,43)(H2,38,39,46);16-22,24H,11-15H2,1-10H3,(H2,33,39)(H,34,40)(H2,35,36,43);15-21,23H,11-14H2,1-10H3,(H2,32,38)(H,33,39)(H2,34,35,42)/t22-,23?,24-,25-,26-;16-,18-,19?,20-,21-,22-,24+;17-,18?,19-,20-,21-,23+/m000/s1. The SMILES string of the molecule is CC(C)(C)OC(=O)C1(NC(=O)N[C@H](C(=O)N2C[C@H]3[C@@H]([C@H]2C(=O)NC(CC2CC2)C(=O)C(N)=O)C3(C)C)C2CCCCC2)CCCCC1.CC(C)[C@H](NC(=O)N[C@H](C(=O)OC(C)(C)C)C(C)(C)C)C(=O)N1C[C@H]2[C@@H]([C@H]1C(=O)NC(CC1CC1)C(=O)C(N)=O)C2(C)C.CC[C@H](C)[C@H](NC(=O)N[C@H](C(=O)N1C[C@H]2[C@@H]([C@H]1C(=O)NC(CC1CC1)C(=O)C(N)=O)C2(C)C)C(C)(C)C)C(=O)OC(C)(C)C. The van der Waals surface area contributed by atoms with E-state index in [1.165, 1.54) is 9.80 Å². The van der Waals surface area contributed by atoms with Crippen LogP contribution in [0.1, 0.15) is 302 Å². The molecule has 0 spiro atoms. The van der Waals surface area contributed by atoms with Crippen molar-refractivity contribution in [3.63, 3.8) is 0 Å². The van der Waals surface area contributed by atoms with E-state index in [-0.39, 0.29) is 93.2 Å². The zero-order valence-corrected chi connectivity index (χ0v) is 84.2. The highest BCUT2D eigenvalue weighted by atomic mass is 16.6. The first-order chi connectivity index (χ1) is 61.7. The highest BCUT2D eigenvalue weighted by Gasteiger charge is 2.73. The van der Waals surface area contributed by atoms with Crippen molar-refractivity contribution >= 4 is 107 Å². The van der Waals surface area contributed by atoms with Crippen LogP contribution in [0.25, 0.3) is 0 Å². The Hall–Kier alpha value is -9.54. The van der Waals surface area contributed by atoms with Gasteiger partial charge in [0.25, 0.3) is 17.7 Å². The van der Waals surface area contributed by atoms with Crippen molar-refractivity contribution in [2.24, 2.45) is 115 Å². The third-order valence-electron chi connectivity index (χ3n) is 29.8. The van der Waals surface area contributed by atoms with Crippen LogP contribution in [0.3, 0.4) is 0 Å². The summed E-state index contributed by atoms with van der Waals surface area (Å²) in [7, 11) is 0. The maximum absolute atomic E-state index is 14.6. The second-order valence-corrected chi connectivity index (χ2v) is 47.7. The maximum atomic E-state index is 14.6. The van der Waals surface area contributed by atoms with E-state index in [9.17, 15) is 86.3 Å². The lowest BCUT2D eigenvalue weighted by atomic mass is 9.81. The highest BCUT2D eigenvalue weighted by Crippen LogP contribution is 2.67. The summed E-state index contributed by atoms with van der Waals surface area (Å²) in [6.07, 6.45) is 15.0. The highest BCUT2D eigenvalue weighted by molar-refractivity contribution is 6.39. The number of nitrogens with zero attached hydrogens (tertiary/aromatic N) is 3. The van der Waals surface area contributed by atoms with Crippen LogP contribution < -0.4 is 65.1 Å². The Morgan fingerprint density at radius 1 is 0.381 bits per heavy atom. The average Bonchev–Trinajstić information content (AvgIpc) is 1.53. The molecule has 3 heterocycles. The molecule has 15 amide bonds. The predicted molar refractivity (Wildman–Crippen MR) is 496 cm³/mol. The van der Waals surface area contributed by atoms with Crippen LogP contribution in [-0.4, -0.2) is 230 Å². The number of fused-ring (bicyclic) bond motifs is 3. The molecule has 0 radical (unpaired) electrons. The Balaban J connectivity index is 0.000000226. The lowest BCUT2D eigenvalue weighted by Crippen LogP contribution is -2.64. The van der Waals surface area contributed by atoms with Crippen molar-refractivity contribution in [2.45, 2.75) is 390 Å². The minimum absolute atomic E-state index is 0.0623. The van der Waals surface area contributed by atoms with Crippen LogP contribution in [0.4, 0.5) is 14.4 Å². The second-order valence-electron chi connectivity index (χ2n) is 47.7. The van der Waals surface area contributed by atoms with Crippen LogP contribution in [0.5, 0.6) is 0 Å². The van der Waals surface area contributed by atoms with Gasteiger partial charge in [0.05, 0.1) is 18.1 Å². The zero-order valence-electron chi connectivity index (χ0n) is 84.2. The number of esters is 3. The first-order valence-electron chi connectivity index (χ1n) is 48.9. The number of carbonyl (C=O) groups excluding carboxylic acids is 18. The number of piperidine rings is 3. The molecule has 15 N–H and O–H groups in total. The van der Waals surface area contributed by atoms with Crippen LogP contribution in [0, 0.1) is 98.1 Å². The van der Waals surface area contributed by atoms with E-state index in [0.29, 0.717) is 58.2 Å². The van der Waals surface area contributed by atoms with E-state index >= 15 is 0 Å². The fraction of sp³-hybridized carbons (Fsp3) is 0.816. The number of ether oxygens (including phenoxy) is 3. The van der Waals surface area contributed by atoms with Crippen LogP contribution in [0.15, 0.2) is 0 Å². The summed E-state index contributed by atoms with van der Waals surface area (Å²) in [6, 6.07) is -12.5. The average molecular weight is 1880 g/mol. The first kappa shape index (κ1) is 108.